The minimum atomic E-state index is -0.308. The van der Waals surface area contributed by atoms with Crippen LogP contribution in [0, 0.1) is 0 Å². The second kappa shape index (κ2) is 7.73. The minimum absolute atomic E-state index is 0.277. The molecule has 144 valence electrons. The van der Waals surface area contributed by atoms with Crippen molar-refractivity contribution in [2.75, 3.05) is 5.32 Å². The van der Waals surface area contributed by atoms with E-state index in [0.717, 1.165) is 11.1 Å². The first kappa shape index (κ1) is 18.6. The SMILES string of the molecule is CC(=CC(=O)Nc1ccccc1-n1ncc2c(=O)[nH]cnc21)c1ccccc1Cl. The van der Waals surface area contributed by atoms with Crippen molar-refractivity contribution in [1.82, 2.24) is 19.7 Å². The van der Waals surface area contributed by atoms with Crippen LogP contribution in [0.3, 0.4) is 0 Å². The summed E-state index contributed by atoms with van der Waals surface area (Å²) in [5, 5.41) is 8.07. The summed E-state index contributed by atoms with van der Waals surface area (Å²) in [5.41, 5.74) is 2.78. The Labute approximate surface area is 170 Å². The third kappa shape index (κ3) is 3.68. The number of aromatic nitrogens is 4. The van der Waals surface area contributed by atoms with Crippen molar-refractivity contribution in [3.63, 3.8) is 0 Å². The summed E-state index contributed by atoms with van der Waals surface area (Å²) in [6.07, 6.45) is 4.25. The summed E-state index contributed by atoms with van der Waals surface area (Å²) in [6, 6.07) is 14.5. The fourth-order valence-electron chi connectivity index (χ4n) is 3.02. The van der Waals surface area contributed by atoms with Gasteiger partial charge in [0.05, 0.1) is 23.9 Å². The van der Waals surface area contributed by atoms with E-state index < -0.39 is 0 Å². The van der Waals surface area contributed by atoms with Crippen molar-refractivity contribution >= 4 is 39.8 Å². The van der Waals surface area contributed by atoms with Gasteiger partial charge in [-0.15, -0.1) is 0 Å². The smallest absolute Gasteiger partial charge is 0.261 e. The molecule has 8 heteroatoms. The zero-order valence-electron chi connectivity index (χ0n) is 15.4. The lowest BCUT2D eigenvalue weighted by Crippen LogP contribution is -2.12. The van der Waals surface area contributed by atoms with E-state index in [1.54, 1.807) is 24.3 Å². The lowest BCUT2D eigenvalue weighted by Gasteiger charge is -2.11. The first-order chi connectivity index (χ1) is 14.0. The van der Waals surface area contributed by atoms with E-state index in [2.05, 4.69) is 20.4 Å². The quantitative estimate of drug-likeness (QED) is 0.505. The molecule has 2 heterocycles. The number of fused-ring (bicyclic) bond motifs is 1. The lowest BCUT2D eigenvalue weighted by molar-refractivity contribution is -0.111. The molecule has 0 spiro atoms. The number of H-pyrrole nitrogens is 1. The van der Waals surface area contributed by atoms with E-state index in [1.807, 2.05) is 31.2 Å². The predicted octanol–water partition coefficient (Wildman–Crippen LogP) is 3.80. The normalized spacial score (nSPS) is 11.6. The molecule has 0 aliphatic rings. The van der Waals surface area contributed by atoms with Gasteiger partial charge in [0.25, 0.3) is 5.56 Å². The average Bonchev–Trinajstić information content (AvgIpc) is 3.14. The highest BCUT2D eigenvalue weighted by atomic mass is 35.5. The molecular weight excluding hydrogens is 390 g/mol. The minimum Gasteiger partial charge on any atom is -0.321 e. The van der Waals surface area contributed by atoms with Crippen molar-refractivity contribution in [3.05, 3.63) is 88.1 Å². The van der Waals surface area contributed by atoms with Gasteiger partial charge in [-0.3, -0.25) is 9.59 Å². The molecular formula is C21H16ClN5O2. The zero-order chi connectivity index (χ0) is 20.4. The average molecular weight is 406 g/mol. The Kier molecular flexibility index (Phi) is 4.97. The second-order valence-electron chi connectivity index (χ2n) is 6.34. The van der Waals surface area contributed by atoms with Gasteiger partial charge in [-0.25, -0.2) is 9.67 Å². The number of benzene rings is 2. The molecule has 0 aliphatic carbocycles. The molecule has 0 saturated heterocycles. The maximum atomic E-state index is 12.6. The Balaban J connectivity index is 1.68. The molecule has 0 saturated carbocycles. The van der Waals surface area contributed by atoms with Crippen molar-refractivity contribution in [2.24, 2.45) is 0 Å². The van der Waals surface area contributed by atoms with Gasteiger partial charge in [-0.2, -0.15) is 5.10 Å². The summed E-state index contributed by atoms with van der Waals surface area (Å²) >= 11 is 6.20. The Bertz CT molecular complexity index is 1310. The Morgan fingerprint density at radius 2 is 1.93 bits per heavy atom. The first-order valence-electron chi connectivity index (χ1n) is 8.79. The fraction of sp³-hybridized carbons (Fsp3) is 0.0476. The highest BCUT2D eigenvalue weighted by Crippen LogP contribution is 2.25. The fourth-order valence-corrected chi connectivity index (χ4v) is 3.31. The van der Waals surface area contributed by atoms with Gasteiger partial charge in [0.15, 0.2) is 5.65 Å². The highest BCUT2D eigenvalue weighted by Gasteiger charge is 2.13. The first-order valence-corrected chi connectivity index (χ1v) is 9.17. The van der Waals surface area contributed by atoms with E-state index in [1.165, 1.54) is 23.3 Å². The largest absolute Gasteiger partial charge is 0.321 e. The van der Waals surface area contributed by atoms with Crippen LogP contribution in [0.4, 0.5) is 5.69 Å². The molecule has 2 aromatic heterocycles. The molecule has 4 aromatic rings. The number of hydrogen-bond donors (Lipinski definition) is 2. The summed E-state index contributed by atoms with van der Waals surface area (Å²) < 4.78 is 1.52. The number of carbonyl (C=O) groups excluding carboxylic acids is 1. The number of nitrogens with zero attached hydrogens (tertiary/aromatic N) is 3. The summed E-state index contributed by atoms with van der Waals surface area (Å²) in [4.78, 5) is 31.3. The van der Waals surface area contributed by atoms with Crippen LogP contribution < -0.4 is 10.9 Å². The molecule has 29 heavy (non-hydrogen) atoms. The van der Waals surface area contributed by atoms with Gasteiger partial charge in [0.2, 0.25) is 5.91 Å². The van der Waals surface area contributed by atoms with Crippen molar-refractivity contribution in [3.8, 4) is 5.69 Å². The predicted molar refractivity (Wildman–Crippen MR) is 113 cm³/mol. The topological polar surface area (TPSA) is 92.7 Å². The van der Waals surface area contributed by atoms with Crippen LogP contribution in [-0.2, 0) is 4.79 Å². The van der Waals surface area contributed by atoms with E-state index in [4.69, 9.17) is 11.6 Å². The lowest BCUT2D eigenvalue weighted by atomic mass is 10.1. The molecule has 0 fully saturated rings. The van der Waals surface area contributed by atoms with Crippen LogP contribution in [0.2, 0.25) is 5.02 Å². The van der Waals surface area contributed by atoms with Crippen LogP contribution in [0.25, 0.3) is 22.3 Å². The van der Waals surface area contributed by atoms with Gasteiger partial charge in [0.1, 0.15) is 5.39 Å². The molecule has 0 unspecified atom stereocenters. The van der Waals surface area contributed by atoms with Crippen LogP contribution in [0.15, 0.2) is 71.9 Å². The van der Waals surface area contributed by atoms with Crippen LogP contribution in [0.5, 0.6) is 0 Å². The third-order valence-electron chi connectivity index (χ3n) is 4.41. The number of rotatable bonds is 4. The number of aromatic amines is 1. The van der Waals surface area contributed by atoms with Crippen molar-refractivity contribution < 1.29 is 4.79 Å². The number of carbonyl (C=O) groups is 1. The van der Waals surface area contributed by atoms with E-state index in [-0.39, 0.29) is 11.5 Å². The molecule has 0 atom stereocenters. The monoisotopic (exact) mass is 405 g/mol. The Morgan fingerprint density at radius 3 is 2.76 bits per heavy atom. The van der Waals surface area contributed by atoms with Gasteiger partial charge < -0.3 is 10.3 Å². The van der Waals surface area contributed by atoms with Crippen LogP contribution >= 0.6 is 11.6 Å². The van der Waals surface area contributed by atoms with E-state index in [9.17, 15) is 9.59 Å². The summed E-state index contributed by atoms with van der Waals surface area (Å²) in [7, 11) is 0. The van der Waals surface area contributed by atoms with Crippen LogP contribution in [0.1, 0.15) is 12.5 Å². The van der Waals surface area contributed by atoms with Gasteiger partial charge in [-0.1, -0.05) is 41.9 Å². The van der Waals surface area contributed by atoms with Gasteiger partial charge in [-0.05, 0) is 36.3 Å². The molecule has 1 amide bonds. The molecule has 0 bridgehead atoms. The second-order valence-corrected chi connectivity index (χ2v) is 6.75. The number of hydrogen-bond acceptors (Lipinski definition) is 4. The zero-order valence-corrected chi connectivity index (χ0v) is 16.1. The number of para-hydroxylation sites is 2. The van der Waals surface area contributed by atoms with Crippen molar-refractivity contribution in [2.45, 2.75) is 6.92 Å². The van der Waals surface area contributed by atoms with E-state index in [0.29, 0.717) is 27.4 Å². The molecule has 0 aliphatic heterocycles. The molecule has 4 rings (SSSR count). The molecule has 7 nitrogen and oxygen atoms in total. The maximum Gasteiger partial charge on any atom is 0.261 e. The molecule has 0 radical (unpaired) electrons. The Hall–Kier alpha value is -3.71. The standard InChI is InChI=1S/C21H16ClN5O2/c1-13(14-6-2-3-7-16(14)22)10-19(28)26-17-8-4-5-9-18(17)27-20-15(11-25-27)21(29)24-12-23-20/h2-12H,1H3,(H,26,28)(H,23,24,29). The number of allylic oxidation sites excluding steroid dienone is 1. The number of nitrogens with one attached hydrogen (secondary N) is 2. The third-order valence-corrected chi connectivity index (χ3v) is 4.74. The van der Waals surface area contributed by atoms with Crippen LogP contribution in [-0.4, -0.2) is 25.7 Å². The number of anilines is 1. The highest BCUT2D eigenvalue weighted by molar-refractivity contribution is 6.32. The molecule has 2 N–H and O–H groups in total. The van der Waals surface area contributed by atoms with E-state index >= 15 is 0 Å². The number of amides is 1. The maximum absolute atomic E-state index is 12.6. The van der Waals surface area contributed by atoms with Gasteiger partial charge >= 0.3 is 0 Å². The summed E-state index contributed by atoms with van der Waals surface area (Å²) in [5.74, 6) is -0.308. The van der Waals surface area contributed by atoms with Gasteiger partial charge in [0, 0.05) is 11.1 Å². The Morgan fingerprint density at radius 1 is 1.17 bits per heavy atom. The molecule has 2 aromatic carbocycles. The number of halogens is 1. The summed E-state index contributed by atoms with van der Waals surface area (Å²) in [6.45, 7) is 1.82. The van der Waals surface area contributed by atoms with Crippen molar-refractivity contribution in [1.29, 1.82) is 0 Å².